The molecule has 0 radical (unpaired) electrons. The van der Waals surface area contributed by atoms with Crippen molar-refractivity contribution < 1.29 is 9.53 Å². The summed E-state index contributed by atoms with van der Waals surface area (Å²) in [6.45, 7) is 2.47. The lowest BCUT2D eigenvalue weighted by atomic mass is 10.2. The van der Waals surface area contributed by atoms with E-state index in [1.54, 1.807) is 6.20 Å². The van der Waals surface area contributed by atoms with Gasteiger partial charge in [0.05, 0.1) is 17.6 Å². The van der Waals surface area contributed by atoms with Gasteiger partial charge < -0.3 is 9.77 Å². The van der Waals surface area contributed by atoms with E-state index in [0.717, 1.165) is 16.6 Å². The maximum absolute atomic E-state index is 11.8. The third-order valence-electron chi connectivity index (χ3n) is 3.96. The lowest BCUT2D eigenvalue weighted by molar-refractivity contribution is -0.807. The predicted molar refractivity (Wildman–Crippen MR) is 86.9 cm³/mol. The van der Waals surface area contributed by atoms with Crippen LogP contribution in [0.3, 0.4) is 0 Å². The Morgan fingerprint density at radius 2 is 2.08 bits per heavy atom. The van der Waals surface area contributed by atoms with Crippen LogP contribution in [0.15, 0.2) is 53.4 Å². The fourth-order valence-electron chi connectivity index (χ4n) is 2.82. The van der Waals surface area contributed by atoms with E-state index >= 15 is 0 Å². The molecule has 0 spiro atoms. The summed E-state index contributed by atoms with van der Waals surface area (Å²) in [5.41, 5.74) is 3.81. The lowest BCUT2D eigenvalue weighted by Crippen LogP contribution is -2.27. The van der Waals surface area contributed by atoms with Crippen molar-refractivity contribution in [1.29, 1.82) is 0 Å². The number of fused-ring (bicyclic) bond motifs is 1. The van der Waals surface area contributed by atoms with E-state index < -0.39 is 0 Å². The largest absolute Gasteiger partial charge is 0.359 e. The third kappa shape index (κ3) is 2.30. The average molecular weight is 321 g/mol. The van der Waals surface area contributed by atoms with Gasteiger partial charge in [-0.15, -0.1) is 0 Å². The number of benzene rings is 1. The number of para-hydroxylation sites is 2. The highest BCUT2D eigenvalue weighted by Gasteiger charge is 2.25. The number of aromatic nitrogens is 5. The molecule has 1 aromatic carbocycles. The van der Waals surface area contributed by atoms with E-state index in [0.29, 0.717) is 35.1 Å². The summed E-state index contributed by atoms with van der Waals surface area (Å²) >= 11 is 0. The van der Waals surface area contributed by atoms with Crippen LogP contribution in [0.25, 0.3) is 22.6 Å². The van der Waals surface area contributed by atoms with Gasteiger partial charge in [0.2, 0.25) is 5.69 Å². The van der Waals surface area contributed by atoms with Gasteiger partial charge in [-0.2, -0.15) is 0 Å². The molecule has 4 aromatic rings. The quantitative estimate of drug-likeness (QED) is 0.539. The molecule has 0 saturated heterocycles. The minimum Gasteiger partial charge on any atom is -0.359 e. The molecule has 0 aliphatic heterocycles. The topological polar surface area (TPSA) is 83.7 Å². The van der Waals surface area contributed by atoms with Crippen LogP contribution in [0.2, 0.25) is 0 Å². The van der Waals surface area contributed by atoms with Crippen LogP contribution in [0, 0.1) is 5.21 Å². The highest BCUT2D eigenvalue weighted by molar-refractivity contribution is 5.80. The molecule has 0 bridgehead atoms. The molecule has 0 atom stereocenters. The molecule has 24 heavy (non-hydrogen) atoms. The summed E-state index contributed by atoms with van der Waals surface area (Å²) in [5, 5.41) is 15.7. The van der Waals surface area contributed by atoms with Crippen molar-refractivity contribution in [3.63, 3.8) is 0 Å². The van der Waals surface area contributed by atoms with Gasteiger partial charge in [-0.05, 0) is 28.7 Å². The highest BCUT2D eigenvalue weighted by Crippen LogP contribution is 2.26. The van der Waals surface area contributed by atoms with Crippen LogP contribution in [0.1, 0.15) is 18.2 Å². The molecule has 0 amide bonds. The fourth-order valence-corrected chi connectivity index (χ4v) is 2.82. The molecule has 120 valence electrons. The molecule has 0 saturated carbocycles. The first-order chi connectivity index (χ1) is 11.8. The minimum atomic E-state index is 0.448. The van der Waals surface area contributed by atoms with Crippen molar-refractivity contribution in [1.82, 2.24) is 19.7 Å². The summed E-state index contributed by atoms with van der Waals surface area (Å²) in [6.07, 6.45) is 4.07. The van der Waals surface area contributed by atoms with Crippen LogP contribution in [0.4, 0.5) is 0 Å². The SMILES string of the molecule is CCc1c(-c2nc3ccccc3n2Cc2cccnc2)no[n+]1[O-]. The van der Waals surface area contributed by atoms with Crippen molar-refractivity contribution in [3.8, 4) is 11.5 Å². The van der Waals surface area contributed by atoms with E-state index in [1.165, 1.54) is 0 Å². The van der Waals surface area contributed by atoms with Gasteiger partial charge in [-0.1, -0.05) is 25.1 Å². The molecule has 3 aromatic heterocycles. The summed E-state index contributed by atoms with van der Waals surface area (Å²) in [4.78, 5) is 9.28. The second-order valence-corrected chi connectivity index (χ2v) is 5.45. The van der Waals surface area contributed by atoms with E-state index in [9.17, 15) is 5.21 Å². The Kier molecular flexibility index (Phi) is 3.45. The van der Waals surface area contributed by atoms with E-state index in [4.69, 9.17) is 4.63 Å². The van der Waals surface area contributed by atoms with Crippen molar-refractivity contribution in [3.05, 3.63) is 65.3 Å². The minimum absolute atomic E-state index is 0.448. The van der Waals surface area contributed by atoms with Gasteiger partial charge in [-0.3, -0.25) is 9.61 Å². The van der Waals surface area contributed by atoms with Crippen molar-refractivity contribution >= 4 is 11.0 Å². The Bertz CT molecular complexity index is 991. The third-order valence-corrected chi connectivity index (χ3v) is 3.96. The normalized spacial score (nSPS) is 11.2. The van der Waals surface area contributed by atoms with Gasteiger partial charge in [0.15, 0.2) is 5.82 Å². The van der Waals surface area contributed by atoms with Crippen LogP contribution in [-0.2, 0) is 13.0 Å². The summed E-state index contributed by atoms with van der Waals surface area (Å²) < 4.78 is 6.82. The molecule has 0 fully saturated rings. The molecule has 7 nitrogen and oxygen atoms in total. The second kappa shape index (κ2) is 5.77. The van der Waals surface area contributed by atoms with Crippen LogP contribution >= 0.6 is 0 Å². The number of hydrogen-bond acceptors (Lipinski definition) is 5. The first-order valence-electron chi connectivity index (χ1n) is 7.71. The van der Waals surface area contributed by atoms with Crippen LogP contribution < -0.4 is 4.90 Å². The Morgan fingerprint density at radius 1 is 1.21 bits per heavy atom. The predicted octanol–water partition coefficient (Wildman–Crippen LogP) is 2.33. The van der Waals surface area contributed by atoms with E-state index in [-0.39, 0.29) is 0 Å². The number of pyridine rings is 1. The Morgan fingerprint density at radius 3 is 2.88 bits per heavy atom. The summed E-state index contributed by atoms with van der Waals surface area (Å²) in [6, 6.07) is 11.7. The number of rotatable bonds is 4. The standard InChI is InChI=1S/C17H15N5O2/c1-2-14-16(20-24-22(14)23)17-19-13-7-3-4-8-15(13)21(17)11-12-6-5-9-18-10-12/h3-10H,2,11H2,1H3. The maximum atomic E-state index is 11.8. The van der Waals surface area contributed by atoms with Crippen molar-refractivity contribution in [2.75, 3.05) is 0 Å². The molecule has 3 heterocycles. The molecule has 7 heteroatoms. The molecule has 0 aliphatic rings. The van der Waals surface area contributed by atoms with Gasteiger partial charge >= 0.3 is 0 Å². The molecular formula is C17H15N5O2. The van der Waals surface area contributed by atoms with Crippen LogP contribution in [0.5, 0.6) is 0 Å². The zero-order chi connectivity index (χ0) is 16.5. The molecule has 0 unspecified atom stereocenters. The maximum Gasteiger partial charge on any atom is 0.286 e. The Balaban J connectivity index is 1.93. The Labute approximate surface area is 137 Å². The monoisotopic (exact) mass is 321 g/mol. The number of nitrogens with zero attached hydrogens (tertiary/aromatic N) is 5. The smallest absolute Gasteiger partial charge is 0.286 e. The van der Waals surface area contributed by atoms with E-state index in [2.05, 4.69) is 15.1 Å². The number of imidazole rings is 1. The fraction of sp³-hybridized carbons (Fsp3) is 0.176. The Hall–Kier alpha value is -3.22. The van der Waals surface area contributed by atoms with Gasteiger partial charge in [-0.25, -0.2) is 4.98 Å². The number of hydrogen-bond donors (Lipinski definition) is 0. The van der Waals surface area contributed by atoms with Crippen molar-refractivity contribution in [2.45, 2.75) is 19.9 Å². The summed E-state index contributed by atoms with van der Waals surface area (Å²) in [7, 11) is 0. The van der Waals surface area contributed by atoms with Crippen molar-refractivity contribution in [2.24, 2.45) is 0 Å². The second-order valence-electron chi connectivity index (χ2n) is 5.45. The molecule has 0 N–H and O–H groups in total. The van der Waals surface area contributed by atoms with Gasteiger partial charge in [0, 0.05) is 24.0 Å². The van der Waals surface area contributed by atoms with Gasteiger partial charge in [0.25, 0.3) is 5.69 Å². The van der Waals surface area contributed by atoms with E-state index in [1.807, 2.05) is 54.1 Å². The summed E-state index contributed by atoms with van der Waals surface area (Å²) in [5.74, 6) is 0.621. The zero-order valence-electron chi connectivity index (χ0n) is 13.1. The highest BCUT2D eigenvalue weighted by atomic mass is 16.8. The molecule has 0 aliphatic carbocycles. The average Bonchev–Trinajstić information content (AvgIpc) is 3.16. The van der Waals surface area contributed by atoms with Gasteiger partial charge in [0.1, 0.15) is 0 Å². The zero-order valence-corrected chi connectivity index (χ0v) is 13.1. The molecule has 4 rings (SSSR count). The molecular weight excluding hydrogens is 306 g/mol. The first kappa shape index (κ1) is 14.4. The van der Waals surface area contributed by atoms with Crippen LogP contribution in [-0.4, -0.2) is 19.7 Å². The first-order valence-corrected chi connectivity index (χ1v) is 7.71. The lowest BCUT2D eigenvalue weighted by Gasteiger charge is -2.07.